The number of amides is 1. The van der Waals surface area contributed by atoms with Crippen molar-refractivity contribution < 1.29 is 9.21 Å². The zero-order valence-corrected chi connectivity index (χ0v) is 15.3. The van der Waals surface area contributed by atoms with Gasteiger partial charge in [-0.2, -0.15) is 0 Å². The van der Waals surface area contributed by atoms with Gasteiger partial charge in [0, 0.05) is 44.2 Å². The smallest absolute Gasteiger partial charge is 0.289 e. The number of nitrogens with zero attached hydrogens (tertiary/aromatic N) is 3. The largest absolute Gasteiger partial charge is 0.451 e. The highest BCUT2D eigenvalue weighted by molar-refractivity contribution is 7.09. The fourth-order valence-electron chi connectivity index (χ4n) is 3.18. The first-order chi connectivity index (χ1) is 12.6. The first-order valence-electron chi connectivity index (χ1n) is 8.56. The molecule has 0 radical (unpaired) electrons. The molecule has 3 heterocycles. The van der Waals surface area contributed by atoms with E-state index in [9.17, 15) is 9.59 Å². The van der Waals surface area contributed by atoms with Crippen LogP contribution < -0.4 is 5.43 Å². The molecule has 1 aromatic carbocycles. The maximum atomic E-state index is 12.7. The van der Waals surface area contributed by atoms with Gasteiger partial charge in [-0.15, -0.1) is 11.3 Å². The summed E-state index contributed by atoms with van der Waals surface area (Å²) < 4.78 is 5.67. The molecule has 0 atom stereocenters. The Bertz CT molecular complexity index is 1000. The van der Waals surface area contributed by atoms with E-state index in [1.165, 1.54) is 6.07 Å². The summed E-state index contributed by atoms with van der Waals surface area (Å²) in [6, 6.07) is 8.28. The van der Waals surface area contributed by atoms with Gasteiger partial charge < -0.3 is 9.32 Å². The van der Waals surface area contributed by atoms with E-state index in [2.05, 4.69) is 15.3 Å². The highest BCUT2D eigenvalue weighted by Crippen LogP contribution is 2.16. The average Bonchev–Trinajstić information content (AvgIpc) is 3.06. The molecule has 26 heavy (non-hydrogen) atoms. The molecule has 2 aromatic heterocycles. The Labute approximate surface area is 154 Å². The van der Waals surface area contributed by atoms with Gasteiger partial charge in [0.25, 0.3) is 5.91 Å². The lowest BCUT2D eigenvalue weighted by atomic mass is 10.2. The third kappa shape index (κ3) is 3.40. The second-order valence-corrected chi connectivity index (χ2v) is 7.46. The van der Waals surface area contributed by atoms with Gasteiger partial charge in [-0.1, -0.05) is 12.1 Å². The zero-order valence-electron chi connectivity index (χ0n) is 14.5. The number of aryl methyl sites for hydroxylation is 1. The summed E-state index contributed by atoms with van der Waals surface area (Å²) in [6.07, 6.45) is 0. The van der Waals surface area contributed by atoms with Gasteiger partial charge in [0.2, 0.25) is 0 Å². The van der Waals surface area contributed by atoms with Gasteiger partial charge >= 0.3 is 0 Å². The van der Waals surface area contributed by atoms with Crippen LogP contribution in [0.15, 0.2) is 44.9 Å². The monoisotopic (exact) mass is 369 g/mol. The van der Waals surface area contributed by atoms with Gasteiger partial charge in [0.1, 0.15) is 5.58 Å². The number of fused-ring (bicyclic) bond motifs is 1. The molecule has 1 amide bonds. The van der Waals surface area contributed by atoms with Crippen molar-refractivity contribution >= 4 is 28.2 Å². The summed E-state index contributed by atoms with van der Waals surface area (Å²) in [5.41, 5.74) is 1.33. The minimum atomic E-state index is -0.225. The summed E-state index contributed by atoms with van der Waals surface area (Å²) in [7, 11) is 0. The molecule has 0 bridgehead atoms. The molecule has 3 aromatic rings. The molecular weight excluding hydrogens is 350 g/mol. The van der Waals surface area contributed by atoms with E-state index in [0.29, 0.717) is 24.1 Å². The first kappa shape index (κ1) is 16.9. The number of para-hydroxylation sites is 1. The SMILES string of the molecule is Cc1nc(CN2CCN(C(=O)c3cc(=O)c4ccccc4o3)CC2)cs1. The van der Waals surface area contributed by atoms with Crippen molar-refractivity contribution in [2.75, 3.05) is 26.2 Å². The Morgan fingerprint density at radius 3 is 2.73 bits per heavy atom. The second kappa shape index (κ2) is 7.01. The molecule has 7 heteroatoms. The average molecular weight is 369 g/mol. The fraction of sp³-hybridized carbons (Fsp3) is 0.316. The number of carbonyl (C=O) groups is 1. The number of hydrogen-bond donors (Lipinski definition) is 0. The summed E-state index contributed by atoms with van der Waals surface area (Å²) in [5.74, 6) is -0.116. The molecular formula is C19H19N3O3S. The van der Waals surface area contributed by atoms with E-state index in [-0.39, 0.29) is 17.1 Å². The zero-order chi connectivity index (χ0) is 18.1. The highest BCUT2D eigenvalue weighted by atomic mass is 32.1. The van der Waals surface area contributed by atoms with Crippen LogP contribution in [-0.4, -0.2) is 46.9 Å². The van der Waals surface area contributed by atoms with Crippen molar-refractivity contribution in [1.82, 2.24) is 14.8 Å². The topological polar surface area (TPSA) is 66.7 Å². The Hall–Kier alpha value is -2.51. The Kier molecular flexibility index (Phi) is 4.57. The summed E-state index contributed by atoms with van der Waals surface area (Å²) in [5, 5.41) is 3.64. The molecule has 1 aliphatic rings. The lowest BCUT2D eigenvalue weighted by Gasteiger charge is -2.34. The van der Waals surface area contributed by atoms with Crippen LogP contribution in [0.25, 0.3) is 11.0 Å². The lowest BCUT2D eigenvalue weighted by Crippen LogP contribution is -2.48. The maximum Gasteiger partial charge on any atom is 0.289 e. The van der Waals surface area contributed by atoms with Gasteiger partial charge in [-0.25, -0.2) is 4.98 Å². The molecule has 1 fully saturated rings. The highest BCUT2D eigenvalue weighted by Gasteiger charge is 2.24. The van der Waals surface area contributed by atoms with Gasteiger partial charge in [0.05, 0.1) is 16.1 Å². The maximum absolute atomic E-state index is 12.7. The van der Waals surface area contributed by atoms with E-state index in [1.807, 2.05) is 6.92 Å². The Morgan fingerprint density at radius 2 is 2.00 bits per heavy atom. The van der Waals surface area contributed by atoms with Crippen molar-refractivity contribution in [2.45, 2.75) is 13.5 Å². The molecule has 0 spiro atoms. The van der Waals surface area contributed by atoms with Gasteiger partial charge in [-0.05, 0) is 19.1 Å². The van der Waals surface area contributed by atoms with Crippen LogP contribution in [0.1, 0.15) is 21.3 Å². The predicted molar refractivity (Wildman–Crippen MR) is 101 cm³/mol. The minimum absolute atomic E-state index is 0.109. The number of benzene rings is 1. The van der Waals surface area contributed by atoms with Gasteiger partial charge in [0.15, 0.2) is 11.2 Å². The normalized spacial score (nSPS) is 15.5. The summed E-state index contributed by atoms with van der Waals surface area (Å²) >= 11 is 1.65. The molecule has 1 aliphatic heterocycles. The fourth-order valence-corrected chi connectivity index (χ4v) is 3.79. The van der Waals surface area contributed by atoms with E-state index in [4.69, 9.17) is 4.42 Å². The molecule has 0 saturated carbocycles. The van der Waals surface area contributed by atoms with Crippen LogP contribution in [0.3, 0.4) is 0 Å². The summed E-state index contributed by atoms with van der Waals surface area (Å²) in [4.78, 5) is 33.5. The van der Waals surface area contributed by atoms with Crippen LogP contribution in [0.2, 0.25) is 0 Å². The standard InChI is InChI=1S/C19H19N3O3S/c1-13-20-14(12-26-13)11-21-6-8-22(9-7-21)19(24)18-10-16(23)15-4-2-3-5-17(15)25-18/h2-5,10,12H,6-9,11H2,1H3. The number of hydrogen-bond acceptors (Lipinski definition) is 6. The Morgan fingerprint density at radius 1 is 1.23 bits per heavy atom. The first-order valence-corrected chi connectivity index (χ1v) is 9.43. The van der Waals surface area contributed by atoms with Gasteiger partial charge in [-0.3, -0.25) is 14.5 Å². The number of rotatable bonds is 3. The van der Waals surface area contributed by atoms with Crippen molar-refractivity contribution in [3.8, 4) is 0 Å². The summed E-state index contributed by atoms with van der Waals surface area (Å²) in [6.45, 7) is 5.58. The van der Waals surface area contributed by atoms with Crippen LogP contribution in [0, 0.1) is 6.92 Å². The minimum Gasteiger partial charge on any atom is -0.451 e. The Balaban J connectivity index is 1.44. The third-order valence-corrected chi connectivity index (χ3v) is 5.38. The number of carbonyl (C=O) groups excluding carboxylic acids is 1. The second-order valence-electron chi connectivity index (χ2n) is 6.40. The third-order valence-electron chi connectivity index (χ3n) is 4.56. The van der Waals surface area contributed by atoms with Crippen molar-refractivity contribution in [2.24, 2.45) is 0 Å². The molecule has 134 valence electrons. The molecule has 6 nitrogen and oxygen atoms in total. The quantitative estimate of drug-likeness (QED) is 0.710. The van der Waals surface area contributed by atoms with Crippen LogP contribution >= 0.6 is 11.3 Å². The molecule has 4 rings (SSSR count). The molecule has 0 N–H and O–H groups in total. The van der Waals surface area contributed by atoms with Crippen LogP contribution in [-0.2, 0) is 6.54 Å². The molecule has 0 aliphatic carbocycles. The number of piperazine rings is 1. The van der Waals surface area contributed by atoms with E-state index in [0.717, 1.165) is 30.3 Å². The van der Waals surface area contributed by atoms with E-state index in [1.54, 1.807) is 40.5 Å². The molecule has 0 unspecified atom stereocenters. The van der Waals surface area contributed by atoms with Crippen LogP contribution in [0.5, 0.6) is 0 Å². The number of thiazole rings is 1. The predicted octanol–water partition coefficient (Wildman–Crippen LogP) is 2.52. The van der Waals surface area contributed by atoms with Crippen LogP contribution in [0.4, 0.5) is 0 Å². The van der Waals surface area contributed by atoms with Crippen molar-refractivity contribution in [1.29, 1.82) is 0 Å². The molecule has 1 saturated heterocycles. The van der Waals surface area contributed by atoms with E-state index >= 15 is 0 Å². The van der Waals surface area contributed by atoms with Crippen molar-refractivity contribution in [3.63, 3.8) is 0 Å². The lowest BCUT2D eigenvalue weighted by molar-refractivity contribution is 0.0597. The number of aromatic nitrogens is 1. The van der Waals surface area contributed by atoms with E-state index < -0.39 is 0 Å². The van der Waals surface area contributed by atoms with Crippen molar-refractivity contribution in [3.05, 3.63) is 62.4 Å².